The summed E-state index contributed by atoms with van der Waals surface area (Å²) >= 11 is 0. The van der Waals surface area contributed by atoms with Crippen LogP contribution in [0.4, 0.5) is 0 Å². The first-order valence-electron chi connectivity index (χ1n) is 12.1. The van der Waals surface area contributed by atoms with Crippen LogP contribution in [0.3, 0.4) is 0 Å². The van der Waals surface area contributed by atoms with Gasteiger partial charge in [0.1, 0.15) is 11.4 Å². The Balaban J connectivity index is 1.61. The minimum Gasteiger partial charge on any atom is -0.493 e. The molecule has 0 unspecified atom stereocenters. The van der Waals surface area contributed by atoms with E-state index >= 15 is 0 Å². The lowest BCUT2D eigenvalue weighted by atomic mass is 9.91. The fraction of sp³-hybridized carbons (Fsp3) is 0.444. The van der Waals surface area contributed by atoms with Gasteiger partial charge in [-0.15, -0.1) is 5.10 Å². The minimum atomic E-state index is -0.493. The molecule has 1 heterocycles. The maximum Gasteiger partial charge on any atom is 0.255 e. The van der Waals surface area contributed by atoms with Crippen molar-refractivity contribution >= 4 is 5.91 Å². The molecule has 1 aromatic heterocycles. The fourth-order valence-electron chi connectivity index (χ4n) is 4.66. The van der Waals surface area contributed by atoms with Gasteiger partial charge in [0, 0.05) is 12.6 Å². The van der Waals surface area contributed by atoms with Crippen molar-refractivity contribution in [3.8, 4) is 17.0 Å². The maximum atomic E-state index is 13.3. The molecule has 34 heavy (non-hydrogen) atoms. The molecule has 0 bridgehead atoms. The number of rotatable bonds is 7. The van der Waals surface area contributed by atoms with E-state index < -0.39 is 6.10 Å². The molecule has 180 valence electrons. The molecule has 7 nitrogen and oxygen atoms in total. The van der Waals surface area contributed by atoms with Crippen LogP contribution in [-0.2, 0) is 13.5 Å². The van der Waals surface area contributed by atoms with Gasteiger partial charge in [-0.2, -0.15) is 0 Å². The number of nitrogens with zero attached hydrogens (tertiary/aromatic N) is 3. The third-order valence-corrected chi connectivity index (χ3v) is 6.77. The number of carbonyl (C=O) groups is 1. The molecule has 1 fully saturated rings. The lowest BCUT2D eigenvalue weighted by Gasteiger charge is -2.29. The third kappa shape index (κ3) is 5.14. The summed E-state index contributed by atoms with van der Waals surface area (Å²) in [4.78, 5) is 13.3. The number of aryl methyl sites for hydroxylation is 1. The number of amides is 1. The number of aliphatic hydroxyl groups is 1. The van der Waals surface area contributed by atoms with Crippen molar-refractivity contribution in [1.29, 1.82) is 0 Å². The first-order valence-corrected chi connectivity index (χ1v) is 12.1. The smallest absolute Gasteiger partial charge is 0.255 e. The largest absolute Gasteiger partial charge is 0.493 e. The molecule has 4 rings (SSSR count). The van der Waals surface area contributed by atoms with Crippen molar-refractivity contribution in [2.75, 3.05) is 6.61 Å². The molecular formula is C27H34N4O3. The van der Waals surface area contributed by atoms with Gasteiger partial charge < -0.3 is 15.2 Å². The van der Waals surface area contributed by atoms with Crippen LogP contribution in [0.25, 0.3) is 11.3 Å². The summed E-state index contributed by atoms with van der Waals surface area (Å²) in [6.45, 7) is 6.49. The van der Waals surface area contributed by atoms with E-state index in [1.165, 1.54) is 0 Å². The molecule has 0 spiro atoms. The second-order valence-corrected chi connectivity index (χ2v) is 9.18. The van der Waals surface area contributed by atoms with Gasteiger partial charge in [0.25, 0.3) is 5.91 Å². The molecule has 3 aromatic rings. The predicted octanol–water partition coefficient (Wildman–Crippen LogP) is 4.12. The minimum absolute atomic E-state index is 0.184. The Morgan fingerprint density at radius 2 is 1.91 bits per heavy atom. The molecule has 7 heteroatoms. The van der Waals surface area contributed by atoms with Crippen LogP contribution in [0.2, 0.25) is 0 Å². The van der Waals surface area contributed by atoms with E-state index in [0.29, 0.717) is 24.3 Å². The van der Waals surface area contributed by atoms with Crippen molar-refractivity contribution in [3.63, 3.8) is 0 Å². The van der Waals surface area contributed by atoms with Crippen LogP contribution >= 0.6 is 0 Å². The molecule has 0 aliphatic heterocycles. The molecule has 0 saturated heterocycles. The highest BCUT2D eigenvalue weighted by Crippen LogP contribution is 2.32. The van der Waals surface area contributed by atoms with Gasteiger partial charge in [0.2, 0.25) is 0 Å². The van der Waals surface area contributed by atoms with Crippen molar-refractivity contribution in [3.05, 3.63) is 64.3 Å². The van der Waals surface area contributed by atoms with Crippen LogP contribution in [-0.4, -0.2) is 44.8 Å². The SMILES string of the molecule is CCOc1c(C(=O)N[C@H]2CCCC[C@@H]2O)cc(Cc2ccc(-c3cn(C)nn3)cc2)c(C)c1C. The first kappa shape index (κ1) is 24.0. The Morgan fingerprint density at radius 3 is 2.56 bits per heavy atom. The van der Waals surface area contributed by atoms with Crippen LogP contribution in [0.5, 0.6) is 5.75 Å². The van der Waals surface area contributed by atoms with Crippen LogP contribution in [0, 0.1) is 13.8 Å². The number of carbonyl (C=O) groups excluding carboxylic acids is 1. The Labute approximate surface area is 201 Å². The van der Waals surface area contributed by atoms with Crippen molar-refractivity contribution < 1.29 is 14.6 Å². The summed E-state index contributed by atoms with van der Waals surface area (Å²) in [6.07, 6.45) is 5.64. The zero-order valence-corrected chi connectivity index (χ0v) is 20.5. The van der Waals surface area contributed by atoms with Crippen molar-refractivity contribution in [2.45, 2.75) is 65.0 Å². The van der Waals surface area contributed by atoms with E-state index in [4.69, 9.17) is 4.74 Å². The summed E-state index contributed by atoms with van der Waals surface area (Å²) in [6, 6.07) is 10.0. The van der Waals surface area contributed by atoms with Crippen LogP contribution in [0.15, 0.2) is 36.5 Å². The van der Waals surface area contributed by atoms with Gasteiger partial charge >= 0.3 is 0 Å². The zero-order chi connectivity index (χ0) is 24.2. The highest BCUT2D eigenvalue weighted by molar-refractivity contribution is 5.98. The summed E-state index contributed by atoms with van der Waals surface area (Å²) in [5.74, 6) is 0.446. The number of aromatic nitrogens is 3. The molecule has 2 aromatic carbocycles. The van der Waals surface area contributed by atoms with Gasteiger partial charge in [-0.1, -0.05) is 42.3 Å². The van der Waals surface area contributed by atoms with Crippen molar-refractivity contribution in [2.24, 2.45) is 7.05 Å². The quantitative estimate of drug-likeness (QED) is 0.551. The Kier molecular flexibility index (Phi) is 7.32. The number of nitrogens with one attached hydrogen (secondary N) is 1. The van der Waals surface area contributed by atoms with E-state index in [2.05, 4.69) is 34.7 Å². The van der Waals surface area contributed by atoms with Crippen LogP contribution in [0.1, 0.15) is 65.2 Å². The second kappa shape index (κ2) is 10.4. The van der Waals surface area contributed by atoms with E-state index in [9.17, 15) is 9.90 Å². The van der Waals surface area contributed by atoms with Gasteiger partial charge in [-0.05, 0) is 68.4 Å². The monoisotopic (exact) mass is 462 g/mol. The molecule has 1 aliphatic rings. The number of hydrogen-bond donors (Lipinski definition) is 2. The maximum absolute atomic E-state index is 13.3. The van der Waals surface area contributed by atoms with Gasteiger partial charge in [-0.3, -0.25) is 9.48 Å². The van der Waals surface area contributed by atoms with E-state index in [0.717, 1.165) is 59.2 Å². The molecule has 0 radical (unpaired) electrons. The average molecular weight is 463 g/mol. The topological polar surface area (TPSA) is 89.3 Å². The number of ether oxygens (including phenoxy) is 1. The highest BCUT2D eigenvalue weighted by atomic mass is 16.5. The second-order valence-electron chi connectivity index (χ2n) is 9.18. The van der Waals surface area contributed by atoms with E-state index in [1.807, 2.05) is 45.3 Å². The van der Waals surface area contributed by atoms with Crippen LogP contribution < -0.4 is 10.1 Å². The summed E-state index contributed by atoms with van der Waals surface area (Å²) in [7, 11) is 1.85. The first-order chi connectivity index (χ1) is 16.4. The molecule has 2 atom stereocenters. The molecule has 1 aliphatic carbocycles. The third-order valence-electron chi connectivity index (χ3n) is 6.77. The van der Waals surface area contributed by atoms with Gasteiger partial charge in [0.05, 0.1) is 30.5 Å². The average Bonchev–Trinajstić information content (AvgIpc) is 3.27. The highest BCUT2D eigenvalue weighted by Gasteiger charge is 2.27. The summed E-state index contributed by atoms with van der Waals surface area (Å²) in [5.41, 5.74) is 6.72. The Hall–Kier alpha value is -3.19. The number of aliphatic hydroxyl groups excluding tert-OH is 1. The molecule has 1 amide bonds. The molecule has 2 N–H and O–H groups in total. The lowest BCUT2D eigenvalue weighted by Crippen LogP contribution is -2.45. The number of hydrogen-bond acceptors (Lipinski definition) is 5. The summed E-state index contributed by atoms with van der Waals surface area (Å²) in [5, 5.41) is 21.6. The molecule has 1 saturated carbocycles. The Morgan fingerprint density at radius 1 is 1.18 bits per heavy atom. The standard InChI is InChI=1S/C27H34N4O3/c1-5-34-26-18(3)17(2)21(15-22(26)27(33)28-23-8-6-7-9-25(23)32)14-19-10-12-20(13-11-19)24-16-31(4)30-29-24/h10-13,15-16,23,25,32H,5-9,14H2,1-4H3,(H,28,33)/t23-,25-/m0/s1. The normalized spacial score (nSPS) is 18.0. The van der Waals surface area contributed by atoms with E-state index in [-0.39, 0.29) is 11.9 Å². The zero-order valence-electron chi connectivity index (χ0n) is 20.5. The fourth-order valence-corrected chi connectivity index (χ4v) is 4.66. The van der Waals surface area contributed by atoms with Gasteiger partial charge in [-0.25, -0.2) is 0 Å². The molecular weight excluding hydrogens is 428 g/mol. The van der Waals surface area contributed by atoms with Crippen molar-refractivity contribution in [1.82, 2.24) is 20.3 Å². The predicted molar refractivity (Wildman–Crippen MR) is 132 cm³/mol. The lowest BCUT2D eigenvalue weighted by molar-refractivity contribution is 0.0714. The Bertz CT molecular complexity index is 1150. The summed E-state index contributed by atoms with van der Waals surface area (Å²) < 4.78 is 7.61. The van der Waals surface area contributed by atoms with E-state index in [1.54, 1.807) is 4.68 Å². The van der Waals surface area contributed by atoms with Gasteiger partial charge in [0.15, 0.2) is 0 Å². The number of benzene rings is 2.